The number of carbonyl (C=O) groups excluding carboxylic acids is 1. The highest BCUT2D eigenvalue weighted by Crippen LogP contribution is 2.43. The third-order valence-corrected chi connectivity index (χ3v) is 5.77. The van der Waals surface area contributed by atoms with Crippen molar-refractivity contribution < 1.29 is 9.53 Å². The lowest BCUT2D eigenvalue weighted by molar-refractivity contribution is -0.150. The zero-order chi connectivity index (χ0) is 17.3. The number of thioether (sulfide) groups is 1. The molecule has 0 radical (unpaired) electrons. The molecular formula is C17H21N5O2S. The molecule has 1 unspecified atom stereocenters. The van der Waals surface area contributed by atoms with Gasteiger partial charge in [0.2, 0.25) is 5.95 Å². The maximum Gasteiger partial charge on any atom is 0.312 e. The topological polar surface area (TPSA) is 73.1 Å². The van der Waals surface area contributed by atoms with Crippen molar-refractivity contribution in [3.8, 4) is 0 Å². The molecule has 2 aromatic heterocycles. The molecule has 2 aliphatic heterocycles. The van der Waals surface area contributed by atoms with Crippen LogP contribution >= 0.6 is 11.8 Å². The van der Waals surface area contributed by atoms with E-state index in [1.807, 2.05) is 23.1 Å². The van der Waals surface area contributed by atoms with Gasteiger partial charge in [-0.1, -0.05) is 0 Å². The SMILES string of the molecule is CSc1ccnc(N2CCC3(CC2)CC(Cn2ccnc2)OC3=O)n1. The van der Waals surface area contributed by atoms with Gasteiger partial charge in [0.1, 0.15) is 11.1 Å². The van der Waals surface area contributed by atoms with Crippen LogP contribution in [0, 0.1) is 5.41 Å². The van der Waals surface area contributed by atoms with Crippen LogP contribution in [0.15, 0.2) is 36.0 Å². The lowest BCUT2D eigenvalue weighted by Gasteiger charge is -2.36. The minimum atomic E-state index is -0.348. The molecule has 25 heavy (non-hydrogen) atoms. The van der Waals surface area contributed by atoms with E-state index in [1.165, 1.54) is 0 Å². The molecule has 0 N–H and O–H groups in total. The zero-order valence-electron chi connectivity index (χ0n) is 14.2. The van der Waals surface area contributed by atoms with Crippen molar-refractivity contribution in [2.75, 3.05) is 24.2 Å². The van der Waals surface area contributed by atoms with Crippen molar-refractivity contribution in [1.82, 2.24) is 19.5 Å². The summed E-state index contributed by atoms with van der Waals surface area (Å²) >= 11 is 1.61. The first-order chi connectivity index (χ1) is 12.2. The molecule has 132 valence electrons. The summed E-state index contributed by atoms with van der Waals surface area (Å²) in [6.45, 7) is 2.24. The van der Waals surface area contributed by atoms with Crippen LogP contribution in [0.3, 0.4) is 0 Å². The number of hydrogen-bond acceptors (Lipinski definition) is 7. The Balaban J connectivity index is 1.41. The standard InChI is InChI=1S/C17H21N5O2S/c1-25-14-2-5-19-16(20-14)22-7-3-17(4-8-22)10-13(24-15(17)23)11-21-9-6-18-12-21/h2,5-6,9,12-13H,3-4,7-8,10-11H2,1H3. The van der Waals surface area contributed by atoms with Gasteiger partial charge in [-0.25, -0.2) is 15.0 Å². The largest absolute Gasteiger partial charge is 0.460 e. The number of nitrogens with zero attached hydrogens (tertiary/aromatic N) is 5. The van der Waals surface area contributed by atoms with Gasteiger partial charge in [0.05, 0.1) is 18.3 Å². The second-order valence-corrected chi connectivity index (χ2v) is 7.48. The number of rotatable bonds is 4. The van der Waals surface area contributed by atoms with Gasteiger partial charge in [-0.3, -0.25) is 4.79 Å². The maximum absolute atomic E-state index is 12.5. The number of piperidine rings is 1. The van der Waals surface area contributed by atoms with Gasteiger partial charge in [-0.15, -0.1) is 11.8 Å². The van der Waals surface area contributed by atoms with Crippen LogP contribution in [0.2, 0.25) is 0 Å². The van der Waals surface area contributed by atoms with E-state index in [0.717, 1.165) is 43.3 Å². The summed E-state index contributed by atoms with van der Waals surface area (Å²) in [6, 6.07) is 1.91. The average Bonchev–Trinajstić information content (AvgIpc) is 3.25. The molecule has 2 fully saturated rings. The zero-order valence-corrected chi connectivity index (χ0v) is 15.0. The molecule has 8 heteroatoms. The number of imidazole rings is 1. The Hall–Kier alpha value is -2.09. The summed E-state index contributed by atoms with van der Waals surface area (Å²) < 4.78 is 7.63. The summed E-state index contributed by atoms with van der Waals surface area (Å²) in [7, 11) is 0. The van der Waals surface area contributed by atoms with Gasteiger partial charge in [0.15, 0.2) is 0 Å². The number of anilines is 1. The minimum absolute atomic E-state index is 0.0453. The summed E-state index contributed by atoms with van der Waals surface area (Å²) in [6.07, 6.45) is 11.5. The quantitative estimate of drug-likeness (QED) is 0.469. The van der Waals surface area contributed by atoms with Crippen molar-refractivity contribution >= 4 is 23.7 Å². The third-order valence-electron chi connectivity index (χ3n) is 5.13. The first-order valence-corrected chi connectivity index (χ1v) is 9.70. The summed E-state index contributed by atoms with van der Waals surface area (Å²) in [5, 5.41) is 0.964. The first kappa shape index (κ1) is 16.4. The Kier molecular flexibility index (Phi) is 4.37. The van der Waals surface area contributed by atoms with Gasteiger partial charge in [0.25, 0.3) is 0 Å². The van der Waals surface area contributed by atoms with E-state index in [9.17, 15) is 4.79 Å². The van der Waals surface area contributed by atoms with Gasteiger partial charge in [-0.2, -0.15) is 0 Å². The maximum atomic E-state index is 12.5. The molecule has 0 saturated carbocycles. The smallest absolute Gasteiger partial charge is 0.312 e. The van der Waals surface area contributed by atoms with Crippen molar-refractivity contribution in [3.05, 3.63) is 31.0 Å². The Morgan fingerprint density at radius 3 is 2.92 bits per heavy atom. The van der Waals surface area contributed by atoms with Crippen LogP contribution in [0.1, 0.15) is 19.3 Å². The van der Waals surface area contributed by atoms with Gasteiger partial charge >= 0.3 is 5.97 Å². The number of carbonyl (C=O) groups is 1. The third kappa shape index (κ3) is 3.22. The van der Waals surface area contributed by atoms with Crippen LogP contribution in [-0.4, -0.2) is 50.9 Å². The van der Waals surface area contributed by atoms with E-state index in [4.69, 9.17) is 4.74 Å². The average molecular weight is 359 g/mol. The summed E-state index contributed by atoms with van der Waals surface area (Å²) in [4.78, 5) is 27.7. The fourth-order valence-corrected chi connectivity index (χ4v) is 4.08. The Labute approximate surface area is 150 Å². The molecule has 2 saturated heterocycles. The first-order valence-electron chi connectivity index (χ1n) is 8.47. The van der Waals surface area contributed by atoms with Crippen LogP contribution in [-0.2, 0) is 16.1 Å². The molecule has 7 nitrogen and oxygen atoms in total. The number of esters is 1. The van der Waals surface area contributed by atoms with Crippen LogP contribution in [0.4, 0.5) is 5.95 Å². The molecule has 1 atom stereocenters. The summed E-state index contributed by atoms with van der Waals surface area (Å²) in [5.41, 5.74) is -0.348. The molecule has 2 aliphatic rings. The predicted molar refractivity (Wildman–Crippen MR) is 94.4 cm³/mol. The van der Waals surface area contributed by atoms with Gasteiger partial charge in [0, 0.05) is 38.1 Å². The van der Waals surface area contributed by atoms with E-state index in [0.29, 0.717) is 6.54 Å². The Bertz CT molecular complexity index is 743. The van der Waals surface area contributed by atoms with Crippen molar-refractivity contribution in [1.29, 1.82) is 0 Å². The van der Waals surface area contributed by atoms with Crippen molar-refractivity contribution in [2.24, 2.45) is 5.41 Å². The highest BCUT2D eigenvalue weighted by atomic mass is 32.2. The highest BCUT2D eigenvalue weighted by Gasteiger charge is 2.50. The van der Waals surface area contributed by atoms with E-state index in [1.54, 1.807) is 30.5 Å². The van der Waals surface area contributed by atoms with E-state index in [2.05, 4.69) is 19.9 Å². The van der Waals surface area contributed by atoms with Crippen LogP contribution in [0.25, 0.3) is 0 Å². The van der Waals surface area contributed by atoms with Gasteiger partial charge in [-0.05, 0) is 25.2 Å². The summed E-state index contributed by atoms with van der Waals surface area (Å²) in [5.74, 6) is 0.707. The normalized spacial score (nSPS) is 22.4. The second kappa shape index (κ2) is 6.67. The lowest BCUT2D eigenvalue weighted by Crippen LogP contribution is -2.43. The molecule has 0 amide bonds. The number of ether oxygens (including phenoxy) is 1. The monoisotopic (exact) mass is 359 g/mol. The number of cyclic esters (lactones) is 1. The molecule has 1 spiro atoms. The highest BCUT2D eigenvalue weighted by molar-refractivity contribution is 7.98. The van der Waals surface area contributed by atoms with Crippen LogP contribution < -0.4 is 4.90 Å². The molecule has 4 heterocycles. The molecule has 0 aliphatic carbocycles. The molecule has 0 aromatic carbocycles. The van der Waals surface area contributed by atoms with E-state index < -0.39 is 0 Å². The molecule has 0 bridgehead atoms. The van der Waals surface area contributed by atoms with Crippen molar-refractivity contribution in [3.63, 3.8) is 0 Å². The predicted octanol–water partition coefficient (Wildman–Crippen LogP) is 2.00. The lowest BCUT2D eigenvalue weighted by atomic mass is 9.76. The Morgan fingerprint density at radius 2 is 2.20 bits per heavy atom. The number of hydrogen-bond donors (Lipinski definition) is 0. The van der Waals surface area contributed by atoms with Crippen LogP contribution in [0.5, 0.6) is 0 Å². The Morgan fingerprint density at radius 1 is 1.36 bits per heavy atom. The second-order valence-electron chi connectivity index (χ2n) is 6.66. The molecular weight excluding hydrogens is 338 g/mol. The fraction of sp³-hybridized carbons (Fsp3) is 0.529. The number of aromatic nitrogens is 4. The molecule has 4 rings (SSSR count). The van der Waals surface area contributed by atoms with Crippen molar-refractivity contribution in [2.45, 2.75) is 36.9 Å². The van der Waals surface area contributed by atoms with E-state index >= 15 is 0 Å². The molecule has 2 aromatic rings. The van der Waals surface area contributed by atoms with E-state index in [-0.39, 0.29) is 17.5 Å². The minimum Gasteiger partial charge on any atom is -0.460 e. The fourth-order valence-electron chi connectivity index (χ4n) is 3.71. The van der Waals surface area contributed by atoms with Gasteiger partial charge < -0.3 is 14.2 Å².